The van der Waals surface area contributed by atoms with Gasteiger partial charge in [0.1, 0.15) is 5.56 Å². The normalized spacial score (nSPS) is 15.7. The van der Waals surface area contributed by atoms with Crippen molar-refractivity contribution in [2.24, 2.45) is 0 Å². The Labute approximate surface area is 132 Å². The van der Waals surface area contributed by atoms with Crippen LogP contribution in [0.2, 0.25) is 0 Å². The number of pyridine rings is 1. The summed E-state index contributed by atoms with van der Waals surface area (Å²) in [4.78, 5) is 35.3. The van der Waals surface area contributed by atoms with Crippen molar-refractivity contribution in [2.45, 2.75) is 13.3 Å². The summed E-state index contributed by atoms with van der Waals surface area (Å²) in [5.41, 5.74) is 0.901. The lowest BCUT2D eigenvalue weighted by Gasteiger charge is -2.21. The van der Waals surface area contributed by atoms with E-state index >= 15 is 0 Å². The summed E-state index contributed by atoms with van der Waals surface area (Å²) in [6.07, 6.45) is 2.41. The summed E-state index contributed by atoms with van der Waals surface area (Å²) in [5, 5.41) is 3.04. The van der Waals surface area contributed by atoms with Crippen LogP contribution in [0.4, 0.5) is 5.13 Å². The van der Waals surface area contributed by atoms with Crippen molar-refractivity contribution in [3.63, 3.8) is 0 Å². The van der Waals surface area contributed by atoms with Crippen molar-refractivity contribution in [3.05, 3.63) is 45.3 Å². The standard InChI is InChI=1S/C15H18N4O2S/c1-11-10-22-15(17-11)19-7-3-6-18(8-9-19)14(21)12-4-2-5-16-13(12)20/h2,4-5,10H,3,6-9H2,1H3,(H,16,20). The van der Waals surface area contributed by atoms with Gasteiger partial charge < -0.3 is 14.8 Å². The number of hydrogen-bond acceptors (Lipinski definition) is 5. The summed E-state index contributed by atoms with van der Waals surface area (Å²) >= 11 is 1.63. The van der Waals surface area contributed by atoms with Crippen LogP contribution in [0.5, 0.6) is 0 Å². The van der Waals surface area contributed by atoms with E-state index < -0.39 is 0 Å². The average Bonchev–Trinajstić information content (AvgIpc) is 2.81. The van der Waals surface area contributed by atoms with Gasteiger partial charge in [-0.15, -0.1) is 11.3 Å². The molecular weight excluding hydrogens is 300 g/mol. The van der Waals surface area contributed by atoms with E-state index in [-0.39, 0.29) is 17.0 Å². The van der Waals surface area contributed by atoms with E-state index in [0.29, 0.717) is 13.1 Å². The first-order valence-electron chi connectivity index (χ1n) is 7.29. The number of H-pyrrole nitrogens is 1. The van der Waals surface area contributed by atoms with Crippen molar-refractivity contribution in [2.75, 3.05) is 31.1 Å². The zero-order valence-electron chi connectivity index (χ0n) is 12.4. The number of carbonyl (C=O) groups excluding carboxylic acids is 1. The third kappa shape index (κ3) is 3.04. The molecule has 0 radical (unpaired) electrons. The maximum atomic E-state index is 12.5. The maximum absolute atomic E-state index is 12.5. The number of aromatic amines is 1. The number of rotatable bonds is 2. The van der Waals surface area contributed by atoms with Gasteiger partial charge in [0.25, 0.3) is 11.5 Å². The molecule has 7 heteroatoms. The number of nitrogens with zero attached hydrogens (tertiary/aromatic N) is 3. The molecule has 0 spiro atoms. The molecule has 0 bridgehead atoms. The highest BCUT2D eigenvalue weighted by Crippen LogP contribution is 2.21. The Kier molecular flexibility index (Phi) is 4.24. The molecule has 2 aromatic rings. The first kappa shape index (κ1) is 14.8. The van der Waals surface area contributed by atoms with Gasteiger partial charge in [0, 0.05) is 37.8 Å². The van der Waals surface area contributed by atoms with Gasteiger partial charge >= 0.3 is 0 Å². The molecule has 6 nitrogen and oxygen atoms in total. The van der Waals surface area contributed by atoms with Gasteiger partial charge in [-0.3, -0.25) is 9.59 Å². The lowest BCUT2D eigenvalue weighted by atomic mass is 10.2. The van der Waals surface area contributed by atoms with Crippen molar-refractivity contribution in [3.8, 4) is 0 Å². The molecule has 2 aromatic heterocycles. The van der Waals surface area contributed by atoms with Crippen molar-refractivity contribution < 1.29 is 4.79 Å². The van der Waals surface area contributed by atoms with Gasteiger partial charge in [-0.2, -0.15) is 0 Å². The largest absolute Gasteiger partial charge is 0.346 e. The van der Waals surface area contributed by atoms with Crippen LogP contribution in [0.15, 0.2) is 28.5 Å². The van der Waals surface area contributed by atoms with Gasteiger partial charge in [-0.25, -0.2) is 4.98 Å². The van der Waals surface area contributed by atoms with Crippen LogP contribution in [0.25, 0.3) is 0 Å². The highest BCUT2D eigenvalue weighted by atomic mass is 32.1. The number of hydrogen-bond donors (Lipinski definition) is 1. The zero-order chi connectivity index (χ0) is 15.5. The minimum atomic E-state index is -0.329. The van der Waals surface area contributed by atoms with E-state index in [1.54, 1.807) is 28.4 Å². The Bertz CT molecular complexity index is 724. The van der Waals surface area contributed by atoms with Gasteiger partial charge in [-0.1, -0.05) is 0 Å². The predicted octanol–water partition coefficient (Wildman–Crippen LogP) is 1.49. The van der Waals surface area contributed by atoms with Crippen molar-refractivity contribution >= 4 is 22.4 Å². The van der Waals surface area contributed by atoms with E-state index in [1.165, 1.54) is 6.20 Å². The fraction of sp³-hybridized carbons (Fsp3) is 0.400. The predicted molar refractivity (Wildman–Crippen MR) is 86.6 cm³/mol. The van der Waals surface area contributed by atoms with Crippen LogP contribution in [0, 0.1) is 6.92 Å². The molecule has 3 rings (SSSR count). The highest BCUT2D eigenvalue weighted by molar-refractivity contribution is 7.13. The molecule has 0 aromatic carbocycles. The minimum Gasteiger partial charge on any atom is -0.346 e. The van der Waals surface area contributed by atoms with Crippen molar-refractivity contribution in [1.29, 1.82) is 0 Å². The van der Waals surface area contributed by atoms with Gasteiger partial charge in [0.05, 0.1) is 5.69 Å². The molecule has 0 unspecified atom stereocenters. The Morgan fingerprint density at radius 3 is 2.91 bits per heavy atom. The fourth-order valence-electron chi connectivity index (χ4n) is 2.56. The van der Waals surface area contributed by atoms with E-state index in [9.17, 15) is 9.59 Å². The molecule has 116 valence electrons. The SMILES string of the molecule is Cc1csc(N2CCCN(C(=O)c3ccc[nH]c3=O)CC2)n1. The monoisotopic (exact) mass is 318 g/mol. The van der Waals surface area contributed by atoms with Gasteiger partial charge in [0.15, 0.2) is 5.13 Å². The van der Waals surface area contributed by atoms with Gasteiger partial charge in [-0.05, 0) is 25.5 Å². The van der Waals surface area contributed by atoms with E-state index in [1.807, 2.05) is 12.3 Å². The smallest absolute Gasteiger partial charge is 0.260 e. The molecule has 0 aliphatic carbocycles. The Morgan fingerprint density at radius 2 is 2.18 bits per heavy atom. The van der Waals surface area contributed by atoms with Crippen LogP contribution in [0.1, 0.15) is 22.5 Å². The summed E-state index contributed by atoms with van der Waals surface area (Å²) in [7, 11) is 0. The van der Waals surface area contributed by atoms with Crippen LogP contribution in [-0.4, -0.2) is 47.0 Å². The third-order valence-electron chi connectivity index (χ3n) is 3.71. The molecule has 1 N–H and O–H groups in total. The number of anilines is 1. The minimum absolute atomic E-state index is 0.195. The zero-order valence-corrected chi connectivity index (χ0v) is 13.2. The number of amides is 1. The molecule has 1 aliphatic heterocycles. The number of carbonyl (C=O) groups is 1. The highest BCUT2D eigenvalue weighted by Gasteiger charge is 2.22. The lowest BCUT2D eigenvalue weighted by Crippen LogP contribution is -2.37. The lowest BCUT2D eigenvalue weighted by molar-refractivity contribution is 0.0765. The first-order valence-corrected chi connectivity index (χ1v) is 8.17. The second kappa shape index (κ2) is 6.31. The second-order valence-corrected chi connectivity index (χ2v) is 6.15. The second-order valence-electron chi connectivity index (χ2n) is 5.32. The molecule has 0 atom stereocenters. The average molecular weight is 318 g/mol. The molecular formula is C15H18N4O2S. The molecule has 1 aliphatic rings. The third-order valence-corrected chi connectivity index (χ3v) is 4.73. The van der Waals surface area contributed by atoms with Gasteiger partial charge in [0.2, 0.25) is 0 Å². The Morgan fingerprint density at radius 1 is 1.32 bits per heavy atom. The number of thiazole rings is 1. The maximum Gasteiger partial charge on any atom is 0.260 e. The number of aromatic nitrogens is 2. The van der Waals surface area contributed by atoms with E-state index in [4.69, 9.17) is 0 Å². The molecule has 22 heavy (non-hydrogen) atoms. The summed E-state index contributed by atoms with van der Waals surface area (Å²) < 4.78 is 0. The molecule has 1 saturated heterocycles. The topological polar surface area (TPSA) is 69.3 Å². The Hall–Kier alpha value is -2.15. The summed E-state index contributed by atoms with van der Waals surface area (Å²) in [6, 6.07) is 3.26. The van der Waals surface area contributed by atoms with Crippen LogP contribution >= 0.6 is 11.3 Å². The van der Waals surface area contributed by atoms with Crippen LogP contribution in [-0.2, 0) is 0 Å². The summed E-state index contributed by atoms with van der Waals surface area (Å²) in [6.45, 7) is 4.86. The Balaban J connectivity index is 1.71. The fourth-order valence-corrected chi connectivity index (χ4v) is 3.42. The quantitative estimate of drug-likeness (QED) is 0.911. The van der Waals surface area contributed by atoms with E-state index in [0.717, 1.165) is 30.3 Å². The molecule has 1 fully saturated rings. The first-order chi connectivity index (χ1) is 10.6. The molecule has 1 amide bonds. The number of nitrogens with one attached hydrogen (secondary N) is 1. The van der Waals surface area contributed by atoms with Crippen molar-refractivity contribution in [1.82, 2.24) is 14.9 Å². The van der Waals surface area contributed by atoms with Crippen LogP contribution < -0.4 is 10.5 Å². The van der Waals surface area contributed by atoms with E-state index in [2.05, 4.69) is 14.9 Å². The summed E-state index contributed by atoms with van der Waals surface area (Å²) in [5.74, 6) is -0.195. The van der Waals surface area contributed by atoms with Crippen LogP contribution in [0.3, 0.4) is 0 Å². The number of aryl methyl sites for hydroxylation is 1. The molecule has 3 heterocycles. The molecule has 0 saturated carbocycles.